The first kappa shape index (κ1) is 22.6. The molecule has 2 aromatic carbocycles. The SMILES string of the molecule is Cc1ccc(C(=O)N2CCN(S(=O)(=O)c3cc4c(cc3Cl)NC(=O)[C@@H](C)O4)CC2)cc1C. The summed E-state index contributed by atoms with van der Waals surface area (Å²) in [6.45, 7) is 6.37. The highest BCUT2D eigenvalue weighted by Crippen LogP contribution is 2.38. The van der Waals surface area contributed by atoms with Gasteiger partial charge in [0.15, 0.2) is 6.10 Å². The summed E-state index contributed by atoms with van der Waals surface area (Å²) in [5, 5.41) is 2.65. The number of hydrogen-bond acceptors (Lipinski definition) is 5. The van der Waals surface area contributed by atoms with Gasteiger partial charge in [0.1, 0.15) is 10.6 Å². The fourth-order valence-electron chi connectivity index (χ4n) is 3.73. The van der Waals surface area contributed by atoms with Crippen molar-refractivity contribution in [3.8, 4) is 5.75 Å². The van der Waals surface area contributed by atoms with E-state index >= 15 is 0 Å². The Bertz CT molecular complexity index is 1210. The fraction of sp³-hybridized carbons (Fsp3) is 0.364. The van der Waals surface area contributed by atoms with E-state index in [9.17, 15) is 18.0 Å². The summed E-state index contributed by atoms with van der Waals surface area (Å²) in [6, 6.07) is 8.28. The molecule has 10 heteroatoms. The van der Waals surface area contributed by atoms with Gasteiger partial charge in [0.25, 0.3) is 11.8 Å². The highest BCUT2D eigenvalue weighted by Gasteiger charge is 2.34. The number of hydrogen-bond donors (Lipinski definition) is 1. The molecule has 0 aromatic heterocycles. The van der Waals surface area contributed by atoms with Crippen molar-refractivity contribution in [2.45, 2.75) is 31.8 Å². The molecule has 1 fully saturated rings. The summed E-state index contributed by atoms with van der Waals surface area (Å²) in [5.41, 5.74) is 3.07. The van der Waals surface area contributed by atoms with Crippen LogP contribution in [0.3, 0.4) is 0 Å². The van der Waals surface area contributed by atoms with E-state index in [1.807, 2.05) is 26.0 Å². The van der Waals surface area contributed by atoms with Crippen LogP contribution in [0.5, 0.6) is 5.75 Å². The maximum Gasteiger partial charge on any atom is 0.265 e. The van der Waals surface area contributed by atoms with Crippen LogP contribution in [0.25, 0.3) is 0 Å². The molecule has 2 aliphatic heterocycles. The Morgan fingerprint density at radius 2 is 1.78 bits per heavy atom. The number of amides is 2. The highest BCUT2D eigenvalue weighted by molar-refractivity contribution is 7.89. The first-order chi connectivity index (χ1) is 15.1. The van der Waals surface area contributed by atoms with Crippen molar-refractivity contribution in [2.75, 3.05) is 31.5 Å². The third-order valence-electron chi connectivity index (χ3n) is 5.86. The Morgan fingerprint density at radius 3 is 2.44 bits per heavy atom. The second-order valence-electron chi connectivity index (χ2n) is 8.02. The highest BCUT2D eigenvalue weighted by atomic mass is 35.5. The average Bonchev–Trinajstić information content (AvgIpc) is 2.76. The molecule has 2 aliphatic rings. The molecule has 0 bridgehead atoms. The molecule has 2 amide bonds. The van der Waals surface area contributed by atoms with Crippen LogP contribution < -0.4 is 10.1 Å². The number of piperazine rings is 1. The maximum absolute atomic E-state index is 13.3. The number of benzene rings is 2. The topological polar surface area (TPSA) is 96.0 Å². The third kappa shape index (κ3) is 4.07. The zero-order valence-corrected chi connectivity index (χ0v) is 19.6. The van der Waals surface area contributed by atoms with E-state index in [2.05, 4.69) is 5.32 Å². The first-order valence-corrected chi connectivity index (χ1v) is 12.1. The van der Waals surface area contributed by atoms with Gasteiger partial charge in [0.2, 0.25) is 10.0 Å². The lowest BCUT2D eigenvalue weighted by atomic mass is 10.1. The fourth-order valence-corrected chi connectivity index (χ4v) is 5.67. The minimum absolute atomic E-state index is 0.00385. The number of carbonyl (C=O) groups excluding carboxylic acids is 2. The van der Waals surface area contributed by atoms with Gasteiger partial charge in [-0.2, -0.15) is 4.31 Å². The molecule has 1 saturated heterocycles. The Hall–Kier alpha value is -2.62. The lowest BCUT2D eigenvalue weighted by molar-refractivity contribution is -0.122. The number of nitrogens with one attached hydrogen (secondary N) is 1. The van der Waals surface area contributed by atoms with Crippen molar-refractivity contribution < 1.29 is 22.7 Å². The zero-order chi connectivity index (χ0) is 23.2. The molecule has 0 unspecified atom stereocenters. The first-order valence-electron chi connectivity index (χ1n) is 10.3. The third-order valence-corrected chi connectivity index (χ3v) is 8.23. The van der Waals surface area contributed by atoms with Gasteiger partial charge in [-0.15, -0.1) is 0 Å². The van der Waals surface area contributed by atoms with Gasteiger partial charge in [0.05, 0.1) is 10.7 Å². The quantitative estimate of drug-likeness (QED) is 0.733. The smallest absolute Gasteiger partial charge is 0.265 e. The second-order valence-corrected chi connectivity index (χ2v) is 10.3. The van der Waals surface area contributed by atoms with Gasteiger partial charge < -0.3 is 15.0 Å². The largest absolute Gasteiger partial charge is 0.479 e. The molecule has 4 rings (SSSR count). The summed E-state index contributed by atoms with van der Waals surface area (Å²) in [5.74, 6) is -0.188. The van der Waals surface area contributed by atoms with E-state index in [-0.39, 0.29) is 53.7 Å². The molecular formula is C22H24ClN3O5S. The molecule has 1 atom stereocenters. The Labute approximate surface area is 192 Å². The number of halogens is 1. The van der Waals surface area contributed by atoms with E-state index < -0.39 is 16.1 Å². The molecule has 2 heterocycles. The Kier molecular flexibility index (Phi) is 5.91. The molecule has 0 spiro atoms. The second kappa shape index (κ2) is 8.38. The maximum atomic E-state index is 13.3. The predicted octanol–water partition coefficient (Wildman–Crippen LogP) is 2.82. The van der Waals surface area contributed by atoms with Crippen LogP contribution in [-0.2, 0) is 14.8 Å². The van der Waals surface area contributed by atoms with Crippen LogP contribution in [0.15, 0.2) is 35.2 Å². The van der Waals surface area contributed by atoms with Gasteiger partial charge in [-0.25, -0.2) is 8.42 Å². The number of anilines is 1. The monoisotopic (exact) mass is 477 g/mol. The number of ether oxygens (including phenoxy) is 1. The standard InChI is InChI=1S/C22H24ClN3O5S/c1-13-4-5-16(10-14(13)2)22(28)25-6-8-26(9-7-25)32(29,30)20-12-19-18(11-17(20)23)24-21(27)15(3)31-19/h4-5,10-12,15H,6-9H2,1-3H3,(H,24,27)/t15-/m1/s1. The van der Waals surface area contributed by atoms with Crippen LogP contribution in [0.2, 0.25) is 5.02 Å². The Balaban J connectivity index is 1.51. The van der Waals surface area contributed by atoms with Gasteiger partial charge >= 0.3 is 0 Å². The van der Waals surface area contributed by atoms with E-state index in [0.29, 0.717) is 11.3 Å². The number of sulfonamides is 1. The minimum Gasteiger partial charge on any atom is -0.479 e. The van der Waals surface area contributed by atoms with Crippen LogP contribution in [0.4, 0.5) is 5.69 Å². The minimum atomic E-state index is -3.91. The van der Waals surface area contributed by atoms with Crippen LogP contribution in [0, 0.1) is 13.8 Å². The number of aryl methyl sites for hydroxylation is 2. The van der Waals surface area contributed by atoms with E-state index in [1.165, 1.54) is 16.4 Å². The summed E-state index contributed by atoms with van der Waals surface area (Å²) < 4.78 is 33.4. The van der Waals surface area contributed by atoms with Gasteiger partial charge in [-0.1, -0.05) is 17.7 Å². The molecule has 1 N–H and O–H groups in total. The zero-order valence-electron chi connectivity index (χ0n) is 18.0. The van der Waals surface area contributed by atoms with Gasteiger partial charge in [-0.05, 0) is 50.1 Å². The molecule has 2 aromatic rings. The van der Waals surface area contributed by atoms with Gasteiger partial charge in [0, 0.05) is 37.8 Å². The predicted molar refractivity (Wildman–Crippen MR) is 121 cm³/mol. The molecule has 32 heavy (non-hydrogen) atoms. The van der Waals surface area contributed by atoms with Gasteiger partial charge in [-0.3, -0.25) is 9.59 Å². The van der Waals surface area contributed by atoms with Crippen molar-refractivity contribution in [2.24, 2.45) is 0 Å². The van der Waals surface area contributed by atoms with E-state index in [4.69, 9.17) is 16.3 Å². The number of rotatable bonds is 3. The lowest BCUT2D eigenvalue weighted by Crippen LogP contribution is -2.50. The molecule has 0 radical (unpaired) electrons. The normalized spacial score (nSPS) is 19.2. The lowest BCUT2D eigenvalue weighted by Gasteiger charge is -2.34. The average molecular weight is 478 g/mol. The summed E-state index contributed by atoms with van der Waals surface area (Å²) in [4.78, 5) is 26.2. The van der Waals surface area contributed by atoms with E-state index in [1.54, 1.807) is 17.9 Å². The molecule has 0 saturated carbocycles. The van der Waals surface area contributed by atoms with Crippen molar-refractivity contribution >= 4 is 39.1 Å². The molecule has 170 valence electrons. The summed E-state index contributed by atoms with van der Waals surface area (Å²) in [7, 11) is -3.91. The van der Waals surface area contributed by atoms with Crippen LogP contribution >= 0.6 is 11.6 Å². The molecular weight excluding hydrogens is 454 g/mol. The van der Waals surface area contributed by atoms with Crippen molar-refractivity contribution in [1.29, 1.82) is 0 Å². The summed E-state index contributed by atoms with van der Waals surface area (Å²) in [6.07, 6.45) is -0.737. The summed E-state index contributed by atoms with van der Waals surface area (Å²) >= 11 is 6.26. The van der Waals surface area contributed by atoms with Crippen molar-refractivity contribution in [3.63, 3.8) is 0 Å². The number of carbonyl (C=O) groups is 2. The van der Waals surface area contributed by atoms with E-state index in [0.717, 1.165) is 11.1 Å². The van der Waals surface area contributed by atoms with Crippen LogP contribution in [0.1, 0.15) is 28.4 Å². The van der Waals surface area contributed by atoms with Crippen molar-refractivity contribution in [1.82, 2.24) is 9.21 Å². The van der Waals surface area contributed by atoms with Crippen molar-refractivity contribution in [3.05, 3.63) is 52.0 Å². The molecule has 0 aliphatic carbocycles. The van der Waals surface area contributed by atoms with Crippen LogP contribution in [-0.4, -0.2) is 61.7 Å². The Morgan fingerprint density at radius 1 is 1.09 bits per heavy atom. The number of nitrogens with zero attached hydrogens (tertiary/aromatic N) is 2. The molecule has 8 nitrogen and oxygen atoms in total. The number of fused-ring (bicyclic) bond motifs is 1.